The van der Waals surface area contributed by atoms with Gasteiger partial charge in [0.25, 0.3) is 0 Å². The Morgan fingerprint density at radius 3 is 2.21 bits per heavy atom. The van der Waals surface area contributed by atoms with Crippen molar-refractivity contribution in [2.45, 2.75) is 108 Å². The summed E-state index contributed by atoms with van der Waals surface area (Å²) in [5.74, 6) is -0.726. The molecule has 0 unspecified atom stereocenters. The molecular weight excluding hydrogens is 440 g/mol. The van der Waals surface area contributed by atoms with E-state index < -0.39 is 73.0 Å². The lowest BCUT2D eigenvalue weighted by atomic mass is 9.97. The molecule has 2 saturated heterocycles. The number of aliphatic hydroxyl groups is 6. The number of ether oxygens (including phenoxy) is 4. The highest BCUT2D eigenvalue weighted by Gasteiger charge is 2.45. The van der Waals surface area contributed by atoms with Crippen molar-refractivity contribution in [2.24, 2.45) is 0 Å². The van der Waals surface area contributed by atoms with Crippen molar-refractivity contribution in [3.8, 4) is 0 Å². The summed E-state index contributed by atoms with van der Waals surface area (Å²) in [6, 6.07) is 0. The molecule has 2 fully saturated rings. The SMILES string of the molecule is C=C[C@@](C)(CC/C=C(\C)C(=O)O[C@H]1[C@H](O)[C@@H](O)[C@H](O)O[C@@H]1C)O[C@@H]1O[C@H](C)[C@@H](O)[C@H](O)[C@H]1O. The van der Waals surface area contributed by atoms with Crippen molar-refractivity contribution in [1.29, 1.82) is 0 Å². The molecule has 2 aliphatic rings. The number of rotatable bonds is 8. The van der Waals surface area contributed by atoms with Crippen molar-refractivity contribution in [3.05, 3.63) is 24.3 Å². The predicted octanol–water partition coefficient (Wildman–Crippen LogP) is -1.13. The first-order chi connectivity index (χ1) is 15.3. The molecule has 0 saturated carbocycles. The van der Waals surface area contributed by atoms with Crippen molar-refractivity contribution >= 4 is 5.97 Å². The molecule has 0 amide bonds. The largest absolute Gasteiger partial charge is 0.453 e. The van der Waals surface area contributed by atoms with Gasteiger partial charge in [0.05, 0.1) is 17.8 Å². The minimum absolute atomic E-state index is 0.238. The second-order valence-corrected chi connectivity index (χ2v) is 8.82. The topological polar surface area (TPSA) is 175 Å². The van der Waals surface area contributed by atoms with E-state index in [4.69, 9.17) is 18.9 Å². The molecule has 11 atom stereocenters. The van der Waals surface area contributed by atoms with Gasteiger partial charge in [0, 0.05) is 5.57 Å². The molecule has 0 aromatic carbocycles. The minimum Gasteiger partial charge on any atom is -0.453 e. The number of aliphatic hydroxyl groups excluding tert-OH is 6. The first kappa shape index (κ1) is 27.8. The van der Waals surface area contributed by atoms with Gasteiger partial charge in [0.1, 0.15) is 30.5 Å². The molecule has 33 heavy (non-hydrogen) atoms. The van der Waals surface area contributed by atoms with Crippen molar-refractivity contribution in [2.75, 3.05) is 0 Å². The summed E-state index contributed by atoms with van der Waals surface area (Å²) < 4.78 is 21.6. The minimum atomic E-state index is -1.60. The summed E-state index contributed by atoms with van der Waals surface area (Å²) in [6.07, 6.45) is -8.95. The fourth-order valence-corrected chi connectivity index (χ4v) is 3.64. The van der Waals surface area contributed by atoms with Crippen LogP contribution in [0.2, 0.25) is 0 Å². The maximum Gasteiger partial charge on any atom is 0.333 e. The Labute approximate surface area is 192 Å². The predicted molar refractivity (Wildman–Crippen MR) is 113 cm³/mol. The highest BCUT2D eigenvalue weighted by Crippen LogP contribution is 2.29. The molecule has 2 heterocycles. The Hall–Kier alpha value is -1.41. The molecule has 0 bridgehead atoms. The van der Waals surface area contributed by atoms with Crippen LogP contribution in [0.15, 0.2) is 24.3 Å². The van der Waals surface area contributed by atoms with Crippen LogP contribution in [0.25, 0.3) is 0 Å². The van der Waals surface area contributed by atoms with Crippen LogP contribution in [-0.2, 0) is 23.7 Å². The monoisotopic (exact) mass is 476 g/mol. The van der Waals surface area contributed by atoms with Crippen molar-refractivity contribution in [1.82, 2.24) is 0 Å². The number of hydrogen-bond donors (Lipinski definition) is 6. The zero-order valence-corrected chi connectivity index (χ0v) is 19.3. The van der Waals surface area contributed by atoms with E-state index in [1.54, 1.807) is 19.9 Å². The van der Waals surface area contributed by atoms with Crippen LogP contribution in [0.1, 0.15) is 40.5 Å². The smallest absolute Gasteiger partial charge is 0.333 e. The molecule has 0 aromatic rings. The second kappa shape index (κ2) is 11.3. The van der Waals surface area contributed by atoms with Gasteiger partial charge in [-0.2, -0.15) is 0 Å². The lowest BCUT2D eigenvalue weighted by molar-refractivity contribution is -0.313. The van der Waals surface area contributed by atoms with Gasteiger partial charge in [-0.15, -0.1) is 6.58 Å². The summed E-state index contributed by atoms with van der Waals surface area (Å²) in [6.45, 7) is 10.0. The third-order valence-electron chi connectivity index (χ3n) is 6.08. The Balaban J connectivity index is 1.94. The van der Waals surface area contributed by atoms with Gasteiger partial charge < -0.3 is 49.6 Å². The zero-order valence-electron chi connectivity index (χ0n) is 19.3. The third kappa shape index (κ3) is 6.59. The number of hydrogen-bond acceptors (Lipinski definition) is 11. The fraction of sp³-hybridized carbons (Fsp3) is 0.773. The molecule has 0 radical (unpaired) electrons. The van der Waals surface area contributed by atoms with Crippen LogP contribution >= 0.6 is 0 Å². The zero-order chi connectivity index (χ0) is 25.1. The lowest BCUT2D eigenvalue weighted by Crippen LogP contribution is -2.58. The normalized spacial score (nSPS) is 41.8. The van der Waals surface area contributed by atoms with Gasteiger partial charge in [-0.3, -0.25) is 0 Å². The number of allylic oxidation sites excluding steroid dienone is 1. The van der Waals surface area contributed by atoms with E-state index in [2.05, 4.69) is 6.58 Å². The van der Waals surface area contributed by atoms with Crippen molar-refractivity contribution in [3.63, 3.8) is 0 Å². The Bertz CT molecular complexity index is 712. The standard InChI is InChI=1S/C22H36O11/c1-6-22(5,33-21-17(27)14(24)13(23)11(3)31-21)9-7-8-10(2)19(28)32-18-12(4)30-20(29)16(26)15(18)25/h6,8,11-18,20-21,23-27,29H,1,7,9H2,2-5H3/b10-8+/t11-,12-,13-,14+,15-,16-,17-,18-,20-,21+,22+/m1/s1. The molecule has 6 N–H and O–H groups in total. The van der Waals surface area contributed by atoms with E-state index >= 15 is 0 Å². The van der Waals surface area contributed by atoms with Crippen LogP contribution in [0.4, 0.5) is 0 Å². The third-order valence-corrected chi connectivity index (χ3v) is 6.08. The quantitative estimate of drug-likeness (QED) is 0.142. The number of carbonyl (C=O) groups is 1. The molecule has 11 heteroatoms. The molecule has 2 rings (SSSR count). The van der Waals surface area contributed by atoms with E-state index in [0.717, 1.165) is 0 Å². The maximum atomic E-state index is 12.4. The molecule has 0 aromatic heterocycles. The highest BCUT2D eigenvalue weighted by molar-refractivity contribution is 5.87. The van der Waals surface area contributed by atoms with Crippen LogP contribution < -0.4 is 0 Å². The molecule has 0 aliphatic carbocycles. The lowest BCUT2D eigenvalue weighted by Gasteiger charge is -2.42. The van der Waals surface area contributed by atoms with E-state index in [-0.39, 0.29) is 5.57 Å². The van der Waals surface area contributed by atoms with E-state index in [1.807, 2.05) is 0 Å². The van der Waals surface area contributed by atoms with Gasteiger partial charge in [-0.05, 0) is 40.5 Å². The summed E-state index contributed by atoms with van der Waals surface area (Å²) in [5, 5.41) is 59.3. The van der Waals surface area contributed by atoms with E-state index in [9.17, 15) is 35.4 Å². The molecule has 11 nitrogen and oxygen atoms in total. The summed E-state index contributed by atoms with van der Waals surface area (Å²) in [7, 11) is 0. The Kier molecular flexibility index (Phi) is 9.57. The fourth-order valence-electron chi connectivity index (χ4n) is 3.64. The summed E-state index contributed by atoms with van der Waals surface area (Å²) in [5.41, 5.74) is -0.751. The van der Waals surface area contributed by atoms with Crippen LogP contribution in [0.3, 0.4) is 0 Å². The van der Waals surface area contributed by atoms with E-state index in [1.165, 1.54) is 19.9 Å². The average molecular weight is 477 g/mol. The molecule has 190 valence electrons. The Morgan fingerprint density at radius 2 is 1.61 bits per heavy atom. The molecular formula is C22H36O11. The van der Waals surface area contributed by atoms with E-state index in [0.29, 0.717) is 12.8 Å². The number of carbonyl (C=O) groups excluding carboxylic acids is 1. The first-order valence-corrected chi connectivity index (χ1v) is 10.9. The average Bonchev–Trinajstić information content (AvgIpc) is 2.77. The summed E-state index contributed by atoms with van der Waals surface area (Å²) >= 11 is 0. The first-order valence-electron chi connectivity index (χ1n) is 10.9. The van der Waals surface area contributed by atoms with Crippen LogP contribution in [-0.4, -0.2) is 104 Å². The Morgan fingerprint density at radius 1 is 0.970 bits per heavy atom. The molecule has 0 spiro atoms. The van der Waals surface area contributed by atoms with Gasteiger partial charge in [0.2, 0.25) is 0 Å². The van der Waals surface area contributed by atoms with Crippen molar-refractivity contribution < 1.29 is 54.4 Å². The van der Waals surface area contributed by atoms with Gasteiger partial charge >= 0.3 is 5.97 Å². The molecule has 2 aliphatic heterocycles. The number of esters is 1. The summed E-state index contributed by atoms with van der Waals surface area (Å²) in [4.78, 5) is 12.4. The maximum absolute atomic E-state index is 12.4. The highest BCUT2D eigenvalue weighted by atomic mass is 16.7. The second-order valence-electron chi connectivity index (χ2n) is 8.82. The van der Waals surface area contributed by atoms with Gasteiger partial charge in [-0.1, -0.05) is 12.2 Å². The van der Waals surface area contributed by atoms with Gasteiger partial charge in [0.15, 0.2) is 18.7 Å². The van der Waals surface area contributed by atoms with Crippen LogP contribution in [0.5, 0.6) is 0 Å². The van der Waals surface area contributed by atoms with Crippen LogP contribution in [0, 0.1) is 0 Å². The van der Waals surface area contributed by atoms with Gasteiger partial charge in [-0.25, -0.2) is 4.79 Å².